The van der Waals surface area contributed by atoms with Crippen LogP contribution < -0.4 is 15.4 Å². The van der Waals surface area contributed by atoms with Crippen molar-refractivity contribution in [2.24, 2.45) is 0 Å². The highest BCUT2D eigenvalue weighted by Crippen LogP contribution is 2.31. The molecule has 0 saturated carbocycles. The Kier molecular flexibility index (Phi) is 5.60. The first-order chi connectivity index (χ1) is 12.1. The quantitative estimate of drug-likeness (QED) is 0.777. The standard InChI is InChI=1S/C19H24N2O4/c1-13(12-16(22)18-9-5-11-25-18)20-19(23)21-15-7-4-10-24-17-8-3-2-6-14(15)17/h2-3,5-6,8-9,11,13,15-16,22H,4,7,10,12H2,1H3,(H2,20,21,23)/t13-,15-,16-/m1/s1. The second-order valence-corrected chi connectivity index (χ2v) is 6.37. The molecule has 3 atom stereocenters. The van der Waals surface area contributed by atoms with Gasteiger partial charge >= 0.3 is 6.03 Å². The lowest BCUT2D eigenvalue weighted by Crippen LogP contribution is -2.42. The predicted molar refractivity (Wildman–Crippen MR) is 93.3 cm³/mol. The van der Waals surface area contributed by atoms with Gasteiger partial charge in [0.2, 0.25) is 0 Å². The van der Waals surface area contributed by atoms with Crippen LogP contribution in [0, 0.1) is 0 Å². The molecule has 0 radical (unpaired) electrons. The fourth-order valence-electron chi connectivity index (χ4n) is 3.09. The van der Waals surface area contributed by atoms with E-state index in [4.69, 9.17) is 9.15 Å². The number of aliphatic hydroxyl groups is 1. The topological polar surface area (TPSA) is 83.7 Å². The molecule has 25 heavy (non-hydrogen) atoms. The van der Waals surface area contributed by atoms with Gasteiger partial charge in [0.05, 0.1) is 18.9 Å². The summed E-state index contributed by atoms with van der Waals surface area (Å²) in [5.74, 6) is 1.33. The molecule has 6 nitrogen and oxygen atoms in total. The number of furan rings is 1. The molecule has 0 fully saturated rings. The van der Waals surface area contributed by atoms with Gasteiger partial charge in [-0.1, -0.05) is 18.2 Å². The minimum absolute atomic E-state index is 0.0825. The molecular weight excluding hydrogens is 320 g/mol. The monoisotopic (exact) mass is 344 g/mol. The van der Waals surface area contributed by atoms with E-state index >= 15 is 0 Å². The fraction of sp³-hybridized carbons (Fsp3) is 0.421. The zero-order valence-electron chi connectivity index (χ0n) is 14.3. The van der Waals surface area contributed by atoms with Crippen LogP contribution in [0.5, 0.6) is 5.75 Å². The largest absolute Gasteiger partial charge is 0.493 e. The number of urea groups is 1. The Bertz CT molecular complexity index is 686. The lowest BCUT2D eigenvalue weighted by atomic mass is 10.0. The number of hydrogen-bond acceptors (Lipinski definition) is 4. The summed E-state index contributed by atoms with van der Waals surface area (Å²) in [4.78, 5) is 12.3. The zero-order valence-corrected chi connectivity index (χ0v) is 14.3. The van der Waals surface area contributed by atoms with Crippen molar-refractivity contribution in [3.8, 4) is 5.75 Å². The zero-order chi connectivity index (χ0) is 17.6. The van der Waals surface area contributed by atoms with Gasteiger partial charge in [-0.3, -0.25) is 0 Å². The lowest BCUT2D eigenvalue weighted by Gasteiger charge is -2.21. The first-order valence-electron chi connectivity index (χ1n) is 8.63. The van der Waals surface area contributed by atoms with Gasteiger partial charge in [0, 0.05) is 18.0 Å². The van der Waals surface area contributed by atoms with Crippen LogP contribution >= 0.6 is 0 Å². The third kappa shape index (κ3) is 4.54. The molecule has 1 aliphatic heterocycles. The Morgan fingerprint density at radius 2 is 2.16 bits per heavy atom. The van der Waals surface area contributed by atoms with Gasteiger partial charge in [0.15, 0.2) is 0 Å². The number of fused-ring (bicyclic) bond motifs is 1. The normalized spacial score (nSPS) is 19.0. The van der Waals surface area contributed by atoms with Gasteiger partial charge in [-0.15, -0.1) is 0 Å². The minimum Gasteiger partial charge on any atom is -0.493 e. The van der Waals surface area contributed by atoms with Crippen molar-refractivity contribution in [1.82, 2.24) is 10.6 Å². The molecule has 1 aromatic heterocycles. The maximum atomic E-state index is 12.3. The summed E-state index contributed by atoms with van der Waals surface area (Å²) in [5.41, 5.74) is 0.999. The molecule has 134 valence electrons. The average Bonchev–Trinajstić information content (AvgIpc) is 3.05. The number of aliphatic hydroxyl groups excluding tert-OH is 1. The van der Waals surface area contributed by atoms with Gasteiger partial charge in [-0.05, 0) is 38.0 Å². The summed E-state index contributed by atoms with van der Waals surface area (Å²) < 4.78 is 10.9. The van der Waals surface area contributed by atoms with E-state index in [1.807, 2.05) is 31.2 Å². The van der Waals surface area contributed by atoms with Gasteiger partial charge in [-0.25, -0.2) is 4.79 Å². The van der Waals surface area contributed by atoms with Gasteiger partial charge in [0.25, 0.3) is 0 Å². The van der Waals surface area contributed by atoms with Crippen LogP contribution in [0.2, 0.25) is 0 Å². The SMILES string of the molecule is C[C@H](C[C@@H](O)c1ccco1)NC(=O)N[C@@H]1CCCOc2ccccc21. The Morgan fingerprint density at radius 1 is 1.32 bits per heavy atom. The number of benzene rings is 1. The number of ether oxygens (including phenoxy) is 1. The summed E-state index contributed by atoms with van der Waals surface area (Å²) in [6.45, 7) is 2.51. The summed E-state index contributed by atoms with van der Waals surface area (Å²) in [7, 11) is 0. The van der Waals surface area contributed by atoms with Crippen LogP contribution in [0.3, 0.4) is 0 Å². The number of amides is 2. The van der Waals surface area contributed by atoms with Crippen LogP contribution in [-0.2, 0) is 0 Å². The van der Waals surface area contributed by atoms with E-state index in [1.165, 1.54) is 6.26 Å². The molecule has 2 aromatic rings. The van der Waals surface area contributed by atoms with Crippen LogP contribution in [0.4, 0.5) is 4.79 Å². The van der Waals surface area contributed by atoms with Crippen molar-refractivity contribution in [3.63, 3.8) is 0 Å². The molecular formula is C19H24N2O4. The molecule has 1 aliphatic rings. The van der Waals surface area contributed by atoms with E-state index in [0.717, 1.165) is 24.2 Å². The van der Waals surface area contributed by atoms with E-state index in [-0.39, 0.29) is 18.1 Å². The van der Waals surface area contributed by atoms with Crippen molar-refractivity contribution in [1.29, 1.82) is 0 Å². The minimum atomic E-state index is -0.739. The molecule has 0 saturated heterocycles. The number of nitrogens with one attached hydrogen (secondary N) is 2. The molecule has 0 spiro atoms. The molecule has 2 amide bonds. The summed E-state index contributed by atoms with van der Waals surface area (Å²) in [6.07, 6.45) is 2.87. The first-order valence-corrected chi connectivity index (χ1v) is 8.63. The number of hydrogen-bond donors (Lipinski definition) is 3. The molecule has 1 aromatic carbocycles. The molecule has 0 unspecified atom stereocenters. The Balaban J connectivity index is 1.55. The smallest absolute Gasteiger partial charge is 0.315 e. The van der Waals surface area contributed by atoms with Crippen molar-refractivity contribution < 1.29 is 19.1 Å². The second-order valence-electron chi connectivity index (χ2n) is 6.37. The number of carbonyl (C=O) groups excluding carboxylic acids is 1. The molecule has 6 heteroatoms. The Hall–Kier alpha value is -2.47. The molecule has 3 N–H and O–H groups in total. The third-order valence-electron chi connectivity index (χ3n) is 4.32. The molecule has 3 rings (SSSR count). The highest BCUT2D eigenvalue weighted by Gasteiger charge is 2.22. The van der Waals surface area contributed by atoms with Crippen molar-refractivity contribution in [2.75, 3.05) is 6.61 Å². The lowest BCUT2D eigenvalue weighted by molar-refractivity contribution is 0.129. The van der Waals surface area contributed by atoms with Crippen LogP contribution in [0.1, 0.15) is 49.7 Å². The third-order valence-corrected chi connectivity index (χ3v) is 4.32. The Labute approximate surface area is 147 Å². The van der Waals surface area contributed by atoms with E-state index in [9.17, 15) is 9.90 Å². The average molecular weight is 344 g/mol. The van der Waals surface area contributed by atoms with E-state index in [0.29, 0.717) is 18.8 Å². The van der Waals surface area contributed by atoms with Crippen LogP contribution in [0.15, 0.2) is 47.1 Å². The van der Waals surface area contributed by atoms with E-state index in [2.05, 4.69) is 10.6 Å². The van der Waals surface area contributed by atoms with Crippen LogP contribution in [0.25, 0.3) is 0 Å². The van der Waals surface area contributed by atoms with E-state index in [1.54, 1.807) is 12.1 Å². The number of para-hydroxylation sites is 1. The van der Waals surface area contributed by atoms with Crippen molar-refractivity contribution in [3.05, 3.63) is 54.0 Å². The maximum Gasteiger partial charge on any atom is 0.315 e. The summed E-state index contributed by atoms with van der Waals surface area (Å²) in [6, 6.07) is 10.7. The number of rotatable bonds is 5. The Morgan fingerprint density at radius 3 is 2.96 bits per heavy atom. The summed E-state index contributed by atoms with van der Waals surface area (Å²) >= 11 is 0. The van der Waals surface area contributed by atoms with Gasteiger partial charge in [-0.2, -0.15) is 0 Å². The molecule has 0 bridgehead atoms. The second kappa shape index (κ2) is 8.07. The fourth-order valence-corrected chi connectivity index (χ4v) is 3.09. The molecule has 2 heterocycles. The first kappa shape index (κ1) is 17.4. The highest BCUT2D eigenvalue weighted by molar-refractivity contribution is 5.75. The predicted octanol–water partition coefficient (Wildman–Crippen LogP) is 3.30. The van der Waals surface area contributed by atoms with Crippen LogP contribution in [-0.4, -0.2) is 23.8 Å². The van der Waals surface area contributed by atoms with Gasteiger partial charge < -0.3 is 24.9 Å². The van der Waals surface area contributed by atoms with E-state index < -0.39 is 6.10 Å². The number of carbonyl (C=O) groups is 1. The highest BCUT2D eigenvalue weighted by atomic mass is 16.5. The summed E-state index contributed by atoms with van der Waals surface area (Å²) in [5, 5.41) is 16.0. The van der Waals surface area contributed by atoms with Crippen molar-refractivity contribution >= 4 is 6.03 Å². The maximum absolute atomic E-state index is 12.3. The van der Waals surface area contributed by atoms with Gasteiger partial charge in [0.1, 0.15) is 17.6 Å². The molecule has 0 aliphatic carbocycles. The van der Waals surface area contributed by atoms with Crippen molar-refractivity contribution in [2.45, 2.75) is 44.4 Å².